The minimum Gasteiger partial charge on any atom is -0.504 e. The number of fused-ring (bicyclic) bond motifs is 7. The molecular formula is C31H33N3O6. The number of carbonyl (C=O) groups excluding carboxylic acids is 2. The van der Waals surface area contributed by atoms with Crippen LogP contribution in [0.15, 0.2) is 60.7 Å². The number of amides is 2. The van der Waals surface area contributed by atoms with Gasteiger partial charge in [-0.15, -0.1) is 0 Å². The van der Waals surface area contributed by atoms with Crippen LogP contribution in [0.25, 0.3) is 0 Å². The van der Waals surface area contributed by atoms with Gasteiger partial charge >= 0.3 is 0 Å². The Bertz CT molecular complexity index is 1430. The molecule has 2 N–H and O–H groups in total. The van der Waals surface area contributed by atoms with Crippen molar-refractivity contribution in [2.24, 2.45) is 0 Å². The highest BCUT2D eigenvalue weighted by Crippen LogP contribution is 2.40. The molecule has 9 nitrogen and oxygen atoms in total. The standard InChI is InChI=1S/C31H33N3O6/c1-38-27-10-8-21-15-29(27)40-28-14-20(6-9-25(28)35)7-11-30(36)32-24-18-34(17-23(21)24)31(37)19-33-12-13-39-26-5-3-2-4-22(26)16-33/h2-6,8-10,14-15,23-24,35H,7,11-13,16-19H2,1H3,(H,32,36)/t23-,24+/m0/s1. The Morgan fingerprint density at radius 1 is 1.05 bits per heavy atom. The Labute approximate surface area is 233 Å². The smallest absolute Gasteiger partial charge is 0.236 e. The lowest BCUT2D eigenvalue weighted by atomic mass is 9.93. The highest BCUT2D eigenvalue weighted by molar-refractivity contribution is 5.80. The molecule has 3 aliphatic rings. The van der Waals surface area contributed by atoms with Crippen molar-refractivity contribution in [1.29, 1.82) is 0 Å². The third-order valence-corrected chi connectivity index (χ3v) is 7.91. The number of hydrogen-bond donors (Lipinski definition) is 2. The maximum absolute atomic E-state index is 13.6. The Morgan fingerprint density at radius 2 is 1.93 bits per heavy atom. The van der Waals surface area contributed by atoms with Crippen LogP contribution in [-0.2, 0) is 22.6 Å². The number of rotatable bonds is 3. The van der Waals surface area contributed by atoms with Crippen molar-refractivity contribution in [3.8, 4) is 28.7 Å². The molecule has 0 unspecified atom stereocenters. The summed E-state index contributed by atoms with van der Waals surface area (Å²) >= 11 is 0. The molecule has 0 radical (unpaired) electrons. The van der Waals surface area contributed by atoms with Gasteiger partial charge in [-0.25, -0.2) is 0 Å². The second-order valence-corrected chi connectivity index (χ2v) is 10.6. The van der Waals surface area contributed by atoms with Crippen molar-refractivity contribution in [1.82, 2.24) is 15.1 Å². The van der Waals surface area contributed by atoms with Gasteiger partial charge in [-0.2, -0.15) is 0 Å². The molecule has 208 valence electrons. The summed E-state index contributed by atoms with van der Waals surface area (Å²) in [5.41, 5.74) is 2.86. The SMILES string of the molecule is COc1ccc2cc1Oc1cc(ccc1O)CCC(=O)N[C@@H]1CN(C(=O)CN3CCOc4ccccc4C3)C[C@@H]21. The van der Waals surface area contributed by atoms with Gasteiger partial charge in [0.25, 0.3) is 0 Å². The summed E-state index contributed by atoms with van der Waals surface area (Å²) in [4.78, 5) is 30.5. The van der Waals surface area contributed by atoms with Gasteiger partial charge in [-0.3, -0.25) is 14.5 Å². The van der Waals surface area contributed by atoms with E-state index >= 15 is 0 Å². The van der Waals surface area contributed by atoms with E-state index in [2.05, 4.69) is 10.2 Å². The molecule has 4 bridgehead atoms. The monoisotopic (exact) mass is 543 g/mol. The van der Waals surface area contributed by atoms with Crippen LogP contribution in [0.4, 0.5) is 0 Å². The zero-order chi connectivity index (χ0) is 27.6. The number of ether oxygens (including phenoxy) is 3. The minimum atomic E-state index is -0.247. The third-order valence-electron chi connectivity index (χ3n) is 7.91. The van der Waals surface area contributed by atoms with Gasteiger partial charge in [0.1, 0.15) is 12.4 Å². The molecule has 3 aliphatic heterocycles. The molecule has 0 spiro atoms. The van der Waals surface area contributed by atoms with E-state index in [4.69, 9.17) is 14.2 Å². The molecule has 3 heterocycles. The van der Waals surface area contributed by atoms with Crippen molar-refractivity contribution in [2.75, 3.05) is 39.9 Å². The van der Waals surface area contributed by atoms with Gasteiger partial charge in [0.2, 0.25) is 11.8 Å². The summed E-state index contributed by atoms with van der Waals surface area (Å²) < 4.78 is 17.5. The number of methoxy groups -OCH3 is 1. The summed E-state index contributed by atoms with van der Waals surface area (Å²) in [6, 6.07) is 18.4. The van der Waals surface area contributed by atoms with Crippen LogP contribution in [0.3, 0.4) is 0 Å². The molecule has 3 aromatic carbocycles. The molecule has 2 atom stereocenters. The lowest BCUT2D eigenvalue weighted by Crippen LogP contribution is -2.43. The Balaban J connectivity index is 1.25. The van der Waals surface area contributed by atoms with Crippen LogP contribution >= 0.6 is 0 Å². The van der Waals surface area contributed by atoms with E-state index in [1.165, 1.54) is 0 Å². The molecule has 0 aromatic heterocycles. The number of hydrogen-bond acceptors (Lipinski definition) is 7. The number of aryl methyl sites for hydroxylation is 1. The third kappa shape index (κ3) is 5.42. The normalized spacial score (nSPS) is 20.7. The quantitative estimate of drug-likeness (QED) is 0.522. The molecule has 1 fully saturated rings. The van der Waals surface area contributed by atoms with E-state index in [1.54, 1.807) is 25.3 Å². The minimum absolute atomic E-state index is 0.00702. The summed E-state index contributed by atoms with van der Waals surface area (Å²) in [6.45, 7) is 2.99. The molecule has 3 aromatic rings. The van der Waals surface area contributed by atoms with Crippen molar-refractivity contribution in [2.45, 2.75) is 31.3 Å². The second kappa shape index (κ2) is 11.1. The lowest BCUT2D eigenvalue weighted by Gasteiger charge is -2.23. The molecule has 2 amide bonds. The first-order valence-corrected chi connectivity index (χ1v) is 13.6. The number of para-hydroxylation sites is 1. The zero-order valence-corrected chi connectivity index (χ0v) is 22.5. The molecular weight excluding hydrogens is 510 g/mol. The second-order valence-electron chi connectivity index (χ2n) is 10.6. The molecule has 0 saturated carbocycles. The van der Waals surface area contributed by atoms with E-state index in [1.807, 2.05) is 47.4 Å². The van der Waals surface area contributed by atoms with Gasteiger partial charge < -0.3 is 29.5 Å². The molecule has 0 aliphatic carbocycles. The number of aromatic hydroxyl groups is 1. The van der Waals surface area contributed by atoms with Crippen LogP contribution in [0.5, 0.6) is 28.7 Å². The lowest BCUT2D eigenvalue weighted by molar-refractivity contribution is -0.132. The Kier molecular flexibility index (Phi) is 7.21. The van der Waals surface area contributed by atoms with E-state index in [-0.39, 0.29) is 42.5 Å². The van der Waals surface area contributed by atoms with Gasteiger partial charge in [-0.05, 0) is 47.9 Å². The maximum Gasteiger partial charge on any atom is 0.236 e. The van der Waals surface area contributed by atoms with E-state index in [0.717, 1.165) is 22.4 Å². The largest absolute Gasteiger partial charge is 0.504 e. The average molecular weight is 544 g/mol. The van der Waals surface area contributed by atoms with Crippen LogP contribution in [0.1, 0.15) is 29.0 Å². The van der Waals surface area contributed by atoms with Crippen molar-refractivity contribution >= 4 is 11.8 Å². The van der Waals surface area contributed by atoms with E-state index < -0.39 is 0 Å². The first-order valence-electron chi connectivity index (χ1n) is 13.6. The van der Waals surface area contributed by atoms with Crippen LogP contribution in [-0.4, -0.2) is 72.7 Å². The summed E-state index contributed by atoms with van der Waals surface area (Å²) in [5, 5.41) is 13.6. The number of likely N-dealkylation sites (tertiary alicyclic amines) is 1. The Hall–Kier alpha value is -4.24. The number of nitrogens with zero attached hydrogens (tertiary/aromatic N) is 2. The first-order chi connectivity index (χ1) is 19.5. The summed E-state index contributed by atoms with van der Waals surface area (Å²) in [7, 11) is 1.57. The highest BCUT2D eigenvalue weighted by Gasteiger charge is 2.38. The van der Waals surface area contributed by atoms with Gasteiger partial charge in [0, 0.05) is 44.1 Å². The fraction of sp³-hybridized carbons (Fsp3) is 0.355. The summed E-state index contributed by atoms with van der Waals surface area (Å²) in [5.74, 6) is 1.98. The molecule has 6 rings (SSSR count). The molecule has 9 heteroatoms. The molecule has 1 saturated heterocycles. The number of benzene rings is 3. The van der Waals surface area contributed by atoms with Crippen LogP contribution < -0.4 is 19.5 Å². The number of phenolic OH excluding ortho intramolecular Hbond substituents is 1. The number of nitrogens with one attached hydrogen (secondary N) is 1. The zero-order valence-electron chi connectivity index (χ0n) is 22.5. The predicted octanol–water partition coefficient (Wildman–Crippen LogP) is 3.44. The van der Waals surface area contributed by atoms with Crippen molar-refractivity contribution in [3.63, 3.8) is 0 Å². The van der Waals surface area contributed by atoms with Gasteiger partial charge in [0.15, 0.2) is 23.0 Å². The molecule has 40 heavy (non-hydrogen) atoms. The van der Waals surface area contributed by atoms with E-state index in [9.17, 15) is 14.7 Å². The number of phenols is 1. The topological polar surface area (TPSA) is 101 Å². The summed E-state index contributed by atoms with van der Waals surface area (Å²) in [6.07, 6.45) is 0.783. The predicted molar refractivity (Wildman–Crippen MR) is 148 cm³/mol. The van der Waals surface area contributed by atoms with Crippen LogP contribution in [0, 0.1) is 0 Å². The Morgan fingerprint density at radius 3 is 2.80 bits per heavy atom. The van der Waals surface area contributed by atoms with Crippen LogP contribution in [0.2, 0.25) is 0 Å². The highest BCUT2D eigenvalue weighted by atomic mass is 16.5. The maximum atomic E-state index is 13.6. The van der Waals surface area contributed by atoms with Crippen molar-refractivity contribution in [3.05, 3.63) is 77.4 Å². The first kappa shape index (κ1) is 26.0. The van der Waals surface area contributed by atoms with Gasteiger partial charge in [0.05, 0.1) is 19.7 Å². The fourth-order valence-electron chi connectivity index (χ4n) is 5.75. The average Bonchev–Trinajstić information content (AvgIpc) is 3.26. The van der Waals surface area contributed by atoms with Crippen molar-refractivity contribution < 1.29 is 28.9 Å². The van der Waals surface area contributed by atoms with E-state index in [0.29, 0.717) is 56.5 Å². The number of carbonyl (C=O) groups is 2. The van der Waals surface area contributed by atoms with Gasteiger partial charge in [-0.1, -0.05) is 30.3 Å². The fourth-order valence-corrected chi connectivity index (χ4v) is 5.75.